The van der Waals surface area contributed by atoms with Gasteiger partial charge in [0.15, 0.2) is 0 Å². The van der Waals surface area contributed by atoms with Crippen LogP contribution in [0.3, 0.4) is 0 Å². The number of rotatable bonds is 2. The Bertz CT molecular complexity index is 599. The first-order chi connectivity index (χ1) is 9.28. The van der Waals surface area contributed by atoms with E-state index in [1.807, 2.05) is 12.1 Å². The van der Waals surface area contributed by atoms with Crippen LogP contribution >= 0.6 is 0 Å². The van der Waals surface area contributed by atoms with Crippen LogP contribution in [0.15, 0.2) is 18.2 Å². The van der Waals surface area contributed by atoms with Gasteiger partial charge in [0, 0.05) is 12.6 Å². The smallest absolute Gasteiger partial charge is 0.251 e. The molecule has 1 atom stereocenters. The predicted molar refractivity (Wildman–Crippen MR) is 74.1 cm³/mol. The number of imidazole rings is 1. The average molecular weight is 258 g/mol. The molecule has 19 heavy (non-hydrogen) atoms. The van der Waals surface area contributed by atoms with Gasteiger partial charge in [-0.2, -0.15) is 0 Å². The summed E-state index contributed by atoms with van der Waals surface area (Å²) in [4.78, 5) is 19.6. The highest BCUT2D eigenvalue weighted by atomic mass is 16.1. The number of aromatic nitrogens is 2. The van der Waals surface area contributed by atoms with E-state index < -0.39 is 0 Å². The molecular weight excluding hydrogens is 240 g/mol. The molecule has 0 bridgehead atoms. The van der Waals surface area contributed by atoms with Gasteiger partial charge in [0.05, 0.1) is 17.1 Å². The van der Waals surface area contributed by atoms with Crippen LogP contribution in [-0.4, -0.2) is 29.5 Å². The van der Waals surface area contributed by atoms with Gasteiger partial charge < -0.3 is 15.6 Å². The van der Waals surface area contributed by atoms with E-state index in [1.54, 1.807) is 13.1 Å². The first-order valence-corrected chi connectivity index (χ1v) is 6.73. The standard InChI is InChI=1S/C14H18N4O/c1-15-14(19)9-5-6-10-12(8-9)18-13(17-10)11-4-2-3-7-16-11/h5-6,8,11,16H,2-4,7H2,1H3,(H,15,19)(H,17,18). The normalized spacial score (nSPS) is 19.5. The molecule has 1 amide bonds. The van der Waals surface area contributed by atoms with Crippen molar-refractivity contribution >= 4 is 16.9 Å². The highest BCUT2D eigenvalue weighted by Gasteiger charge is 2.18. The number of carbonyl (C=O) groups is 1. The lowest BCUT2D eigenvalue weighted by Crippen LogP contribution is -2.27. The average Bonchev–Trinajstić information content (AvgIpc) is 2.90. The zero-order valence-electron chi connectivity index (χ0n) is 11.0. The molecule has 1 fully saturated rings. The summed E-state index contributed by atoms with van der Waals surface area (Å²) in [6.45, 7) is 1.05. The molecule has 0 saturated carbocycles. The van der Waals surface area contributed by atoms with Gasteiger partial charge in [-0.05, 0) is 37.6 Å². The Morgan fingerprint density at radius 2 is 2.32 bits per heavy atom. The number of aromatic amines is 1. The zero-order valence-corrected chi connectivity index (χ0v) is 11.0. The fraction of sp³-hybridized carbons (Fsp3) is 0.429. The first-order valence-electron chi connectivity index (χ1n) is 6.73. The maximum absolute atomic E-state index is 11.6. The maximum Gasteiger partial charge on any atom is 0.251 e. The van der Waals surface area contributed by atoms with Gasteiger partial charge in [0.2, 0.25) is 0 Å². The molecule has 3 rings (SSSR count). The van der Waals surface area contributed by atoms with Crippen molar-refractivity contribution < 1.29 is 4.79 Å². The molecule has 0 aliphatic carbocycles. The minimum absolute atomic E-state index is 0.0751. The molecule has 3 N–H and O–H groups in total. The first kappa shape index (κ1) is 12.2. The quantitative estimate of drug-likeness (QED) is 0.768. The third-order valence-corrected chi connectivity index (χ3v) is 3.63. The second kappa shape index (κ2) is 5.01. The van der Waals surface area contributed by atoms with Gasteiger partial charge in [0.25, 0.3) is 5.91 Å². The van der Waals surface area contributed by atoms with Crippen molar-refractivity contribution in [3.63, 3.8) is 0 Å². The molecule has 1 aliphatic heterocycles. The predicted octanol–water partition coefficient (Wildman–Crippen LogP) is 1.74. The number of piperidine rings is 1. The number of benzene rings is 1. The van der Waals surface area contributed by atoms with Crippen molar-refractivity contribution in [3.05, 3.63) is 29.6 Å². The van der Waals surface area contributed by atoms with Crippen molar-refractivity contribution in [3.8, 4) is 0 Å². The lowest BCUT2D eigenvalue weighted by Gasteiger charge is -2.21. The molecule has 1 aromatic carbocycles. The molecule has 5 heteroatoms. The van der Waals surface area contributed by atoms with E-state index in [0.29, 0.717) is 11.6 Å². The van der Waals surface area contributed by atoms with Crippen LogP contribution < -0.4 is 10.6 Å². The van der Waals surface area contributed by atoms with E-state index in [4.69, 9.17) is 0 Å². The van der Waals surface area contributed by atoms with Crippen molar-refractivity contribution in [1.29, 1.82) is 0 Å². The Labute approximate surface area is 111 Å². The molecule has 5 nitrogen and oxygen atoms in total. The Morgan fingerprint density at radius 3 is 3.05 bits per heavy atom. The number of hydrogen-bond acceptors (Lipinski definition) is 3. The monoisotopic (exact) mass is 258 g/mol. The van der Waals surface area contributed by atoms with Gasteiger partial charge >= 0.3 is 0 Å². The number of nitrogens with one attached hydrogen (secondary N) is 3. The number of hydrogen-bond donors (Lipinski definition) is 3. The van der Waals surface area contributed by atoms with E-state index in [-0.39, 0.29) is 5.91 Å². The Morgan fingerprint density at radius 1 is 1.42 bits per heavy atom. The molecule has 1 saturated heterocycles. The fourth-order valence-corrected chi connectivity index (χ4v) is 2.57. The van der Waals surface area contributed by atoms with E-state index in [2.05, 4.69) is 20.6 Å². The summed E-state index contributed by atoms with van der Waals surface area (Å²) in [6.07, 6.45) is 3.58. The molecule has 1 aliphatic rings. The SMILES string of the molecule is CNC(=O)c1ccc2nc(C3CCCCN3)[nH]c2c1. The molecule has 2 aromatic rings. The van der Waals surface area contributed by atoms with E-state index in [0.717, 1.165) is 29.8 Å². The van der Waals surface area contributed by atoms with Crippen LogP contribution in [0.25, 0.3) is 11.0 Å². The van der Waals surface area contributed by atoms with Gasteiger partial charge in [0.1, 0.15) is 5.82 Å². The molecule has 0 radical (unpaired) electrons. The van der Waals surface area contributed by atoms with Crippen LogP contribution in [0.2, 0.25) is 0 Å². The van der Waals surface area contributed by atoms with E-state index >= 15 is 0 Å². The summed E-state index contributed by atoms with van der Waals surface area (Å²) in [5, 5.41) is 6.10. The van der Waals surface area contributed by atoms with Crippen molar-refractivity contribution in [1.82, 2.24) is 20.6 Å². The summed E-state index contributed by atoms with van der Waals surface area (Å²) in [5.74, 6) is 0.901. The molecule has 100 valence electrons. The largest absolute Gasteiger partial charge is 0.355 e. The highest BCUT2D eigenvalue weighted by molar-refractivity contribution is 5.97. The van der Waals surface area contributed by atoms with Crippen molar-refractivity contribution in [2.24, 2.45) is 0 Å². The Kier molecular flexibility index (Phi) is 3.21. The van der Waals surface area contributed by atoms with Gasteiger partial charge in [-0.1, -0.05) is 6.42 Å². The third-order valence-electron chi connectivity index (χ3n) is 3.63. The number of carbonyl (C=O) groups excluding carboxylic acids is 1. The second-order valence-corrected chi connectivity index (χ2v) is 4.94. The van der Waals surface area contributed by atoms with E-state index in [1.165, 1.54) is 12.8 Å². The minimum atomic E-state index is -0.0751. The van der Waals surface area contributed by atoms with Crippen LogP contribution in [0.4, 0.5) is 0 Å². The maximum atomic E-state index is 11.6. The molecule has 1 aromatic heterocycles. The second-order valence-electron chi connectivity index (χ2n) is 4.94. The Hall–Kier alpha value is -1.88. The number of H-pyrrole nitrogens is 1. The van der Waals surface area contributed by atoms with Crippen LogP contribution in [-0.2, 0) is 0 Å². The molecular formula is C14H18N4O. The lowest BCUT2D eigenvalue weighted by atomic mass is 10.0. The van der Waals surface area contributed by atoms with Gasteiger partial charge in [-0.3, -0.25) is 4.79 Å². The molecule has 2 heterocycles. The topological polar surface area (TPSA) is 69.8 Å². The third kappa shape index (κ3) is 2.33. The summed E-state index contributed by atoms with van der Waals surface area (Å²) in [6, 6.07) is 5.86. The summed E-state index contributed by atoms with van der Waals surface area (Å²) >= 11 is 0. The lowest BCUT2D eigenvalue weighted by molar-refractivity contribution is 0.0963. The highest BCUT2D eigenvalue weighted by Crippen LogP contribution is 2.23. The molecule has 1 unspecified atom stereocenters. The summed E-state index contributed by atoms with van der Waals surface area (Å²) in [7, 11) is 1.64. The fourth-order valence-electron chi connectivity index (χ4n) is 2.57. The van der Waals surface area contributed by atoms with Crippen molar-refractivity contribution in [2.45, 2.75) is 25.3 Å². The Balaban J connectivity index is 1.93. The summed E-state index contributed by atoms with van der Waals surface area (Å²) < 4.78 is 0. The zero-order chi connectivity index (χ0) is 13.2. The number of nitrogens with zero attached hydrogens (tertiary/aromatic N) is 1. The number of amides is 1. The van der Waals surface area contributed by atoms with Gasteiger partial charge in [-0.25, -0.2) is 4.98 Å². The van der Waals surface area contributed by atoms with Crippen molar-refractivity contribution in [2.75, 3.05) is 13.6 Å². The van der Waals surface area contributed by atoms with Crippen LogP contribution in [0.1, 0.15) is 41.5 Å². The van der Waals surface area contributed by atoms with Gasteiger partial charge in [-0.15, -0.1) is 0 Å². The van der Waals surface area contributed by atoms with Crippen LogP contribution in [0.5, 0.6) is 0 Å². The molecule has 0 spiro atoms. The number of fused-ring (bicyclic) bond motifs is 1. The minimum Gasteiger partial charge on any atom is -0.355 e. The summed E-state index contributed by atoms with van der Waals surface area (Å²) in [5.41, 5.74) is 2.49. The van der Waals surface area contributed by atoms with E-state index in [9.17, 15) is 4.79 Å². The van der Waals surface area contributed by atoms with Crippen LogP contribution in [0, 0.1) is 0 Å².